The average Bonchev–Trinajstić information content (AvgIpc) is 2.47. The highest BCUT2D eigenvalue weighted by Gasteiger charge is 2.10. The number of nitrogens with two attached hydrogens (primary N) is 1. The second kappa shape index (κ2) is 6.48. The molecule has 0 aliphatic carbocycles. The number of nitrogens with zero attached hydrogens (tertiary/aromatic N) is 2. The molecule has 0 unspecified atom stereocenters. The van der Waals surface area contributed by atoms with Crippen molar-refractivity contribution in [1.29, 1.82) is 0 Å². The predicted octanol–water partition coefficient (Wildman–Crippen LogP) is 2.78. The molecule has 0 saturated carbocycles. The van der Waals surface area contributed by atoms with Gasteiger partial charge < -0.3 is 10.5 Å². The van der Waals surface area contributed by atoms with Gasteiger partial charge in [0.05, 0.1) is 12.8 Å². The van der Waals surface area contributed by atoms with E-state index in [1.165, 1.54) is 5.56 Å². The maximum absolute atomic E-state index is 5.55. The van der Waals surface area contributed by atoms with Crippen LogP contribution >= 0.6 is 0 Å². The first-order valence-electron chi connectivity index (χ1n) is 6.86. The summed E-state index contributed by atoms with van der Waals surface area (Å²) in [5, 5.41) is 0. The number of benzene rings is 1. The van der Waals surface area contributed by atoms with Crippen LogP contribution in [0.3, 0.4) is 0 Å². The van der Waals surface area contributed by atoms with Crippen LogP contribution in [0.15, 0.2) is 30.5 Å². The summed E-state index contributed by atoms with van der Waals surface area (Å²) in [4.78, 5) is 8.79. The van der Waals surface area contributed by atoms with E-state index < -0.39 is 0 Å². The summed E-state index contributed by atoms with van der Waals surface area (Å²) >= 11 is 0. The lowest BCUT2D eigenvalue weighted by Gasteiger charge is -2.13. The van der Waals surface area contributed by atoms with Gasteiger partial charge in [0, 0.05) is 18.2 Å². The normalized spacial score (nSPS) is 10.8. The van der Waals surface area contributed by atoms with Gasteiger partial charge in [-0.2, -0.15) is 0 Å². The fraction of sp³-hybridized carbons (Fsp3) is 0.375. The van der Waals surface area contributed by atoms with E-state index >= 15 is 0 Å². The van der Waals surface area contributed by atoms with Crippen LogP contribution in [-0.4, -0.2) is 23.6 Å². The summed E-state index contributed by atoms with van der Waals surface area (Å²) in [6.07, 6.45) is 2.48. The zero-order valence-electron chi connectivity index (χ0n) is 12.3. The largest absolute Gasteiger partial charge is 0.496 e. The van der Waals surface area contributed by atoms with E-state index in [0.29, 0.717) is 18.9 Å². The highest BCUT2D eigenvalue weighted by atomic mass is 16.5. The van der Waals surface area contributed by atoms with Gasteiger partial charge in [0.1, 0.15) is 11.6 Å². The molecule has 4 nitrogen and oxygen atoms in total. The van der Waals surface area contributed by atoms with E-state index in [1.807, 2.05) is 18.2 Å². The summed E-state index contributed by atoms with van der Waals surface area (Å²) in [7, 11) is 1.70. The molecule has 2 rings (SSSR count). The van der Waals surface area contributed by atoms with Crippen molar-refractivity contribution >= 4 is 0 Å². The number of methoxy groups -OCH3 is 1. The van der Waals surface area contributed by atoms with Crippen LogP contribution in [0.1, 0.15) is 31.2 Å². The Morgan fingerprint density at radius 1 is 1.25 bits per heavy atom. The molecular formula is C16H21N3O. The van der Waals surface area contributed by atoms with Gasteiger partial charge in [-0.3, -0.25) is 0 Å². The molecule has 0 aliphatic heterocycles. The first kappa shape index (κ1) is 14.5. The van der Waals surface area contributed by atoms with Gasteiger partial charge in [0.15, 0.2) is 0 Å². The summed E-state index contributed by atoms with van der Waals surface area (Å²) in [5.74, 6) is 2.10. The molecule has 0 amide bonds. The Labute approximate surface area is 120 Å². The van der Waals surface area contributed by atoms with E-state index in [0.717, 1.165) is 22.8 Å². The number of ether oxygens (including phenoxy) is 1. The number of aromatic nitrogens is 2. The van der Waals surface area contributed by atoms with Gasteiger partial charge in [-0.1, -0.05) is 13.8 Å². The van der Waals surface area contributed by atoms with E-state index in [9.17, 15) is 0 Å². The molecule has 0 aliphatic rings. The van der Waals surface area contributed by atoms with Crippen LogP contribution in [0.4, 0.5) is 0 Å². The minimum absolute atomic E-state index is 0.398. The summed E-state index contributed by atoms with van der Waals surface area (Å²) in [6.45, 7) is 4.87. The highest BCUT2D eigenvalue weighted by Crippen LogP contribution is 2.30. The SMILES string of the molecule is COc1ccc(-c2ccnc(CCN)n2)cc1C(C)C. The average molecular weight is 271 g/mol. The van der Waals surface area contributed by atoms with E-state index in [4.69, 9.17) is 10.5 Å². The third kappa shape index (κ3) is 3.14. The Bertz CT molecular complexity index is 582. The second-order valence-electron chi connectivity index (χ2n) is 5.01. The zero-order chi connectivity index (χ0) is 14.5. The van der Waals surface area contributed by atoms with E-state index in [2.05, 4.69) is 29.9 Å². The summed E-state index contributed by atoms with van der Waals surface area (Å²) in [6, 6.07) is 8.08. The number of rotatable bonds is 5. The standard InChI is InChI=1S/C16H21N3O/c1-11(2)13-10-12(4-5-15(13)20-3)14-7-9-18-16(19-14)6-8-17/h4-5,7,9-11H,6,8,17H2,1-3H3. The molecule has 2 aromatic rings. The zero-order valence-corrected chi connectivity index (χ0v) is 12.3. The Hall–Kier alpha value is -1.94. The molecule has 1 aromatic heterocycles. The maximum Gasteiger partial charge on any atom is 0.130 e. The lowest BCUT2D eigenvalue weighted by Crippen LogP contribution is -2.06. The van der Waals surface area contributed by atoms with E-state index in [1.54, 1.807) is 13.3 Å². The van der Waals surface area contributed by atoms with Crippen molar-refractivity contribution in [2.75, 3.05) is 13.7 Å². The number of hydrogen-bond donors (Lipinski definition) is 1. The fourth-order valence-electron chi connectivity index (χ4n) is 2.15. The monoisotopic (exact) mass is 271 g/mol. The van der Waals surface area contributed by atoms with Crippen molar-refractivity contribution in [2.24, 2.45) is 5.73 Å². The van der Waals surface area contributed by atoms with Crippen molar-refractivity contribution < 1.29 is 4.74 Å². The first-order chi connectivity index (χ1) is 9.65. The van der Waals surface area contributed by atoms with Gasteiger partial charge >= 0.3 is 0 Å². The van der Waals surface area contributed by atoms with Crippen LogP contribution < -0.4 is 10.5 Å². The van der Waals surface area contributed by atoms with Crippen LogP contribution in [0.5, 0.6) is 5.75 Å². The molecule has 4 heteroatoms. The Morgan fingerprint density at radius 2 is 2.05 bits per heavy atom. The predicted molar refractivity (Wildman–Crippen MR) is 80.9 cm³/mol. The van der Waals surface area contributed by atoms with Crippen molar-refractivity contribution in [3.05, 3.63) is 41.9 Å². The molecule has 0 saturated heterocycles. The minimum Gasteiger partial charge on any atom is -0.496 e. The van der Waals surface area contributed by atoms with Crippen LogP contribution in [0.25, 0.3) is 11.3 Å². The lowest BCUT2D eigenvalue weighted by molar-refractivity contribution is 0.407. The smallest absolute Gasteiger partial charge is 0.130 e. The molecule has 0 fully saturated rings. The highest BCUT2D eigenvalue weighted by molar-refractivity contribution is 5.62. The molecule has 20 heavy (non-hydrogen) atoms. The van der Waals surface area contributed by atoms with Crippen molar-refractivity contribution in [2.45, 2.75) is 26.2 Å². The second-order valence-corrected chi connectivity index (χ2v) is 5.01. The Morgan fingerprint density at radius 3 is 2.70 bits per heavy atom. The fourth-order valence-corrected chi connectivity index (χ4v) is 2.15. The quantitative estimate of drug-likeness (QED) is 0.908. The first-order valence-corrected chi connectivity index (χ1v) is 6.86. The third-order valence-corrected chi connectivity index (χ3v) is 3.22. The van der Waals surface area contributed by atoms with Crippen LogP contribution in [-0.2, 0) is 6.42 Å². The molecule has 1 aromatic carbocycles. The minimum atomic E-state index is 0.398. The summed E-state index contributed by atoms with van der Waals surface area (Å²) < 4.78 is 5.41. The summed E-state index contributed by atoms with van der Waals surface area (Å²) in [5.41, 5.74) is 8.74. The third-order valence-electron chi connectivity index (χ3n) is 3.22. The van der Waals surface area contributed by atoms with Gasteiger partial charge in [0.2, 0.25) is 0 Å². The van der Waals surface area contributed by atoms with Gasteiger partial charge in [0.25, 0.3) is 0 Å². The van der Waals surface area contributed by atoms with Gasteiger partial charge in [-0.25, -0.2) is 9.97 Å². The van der Waals surface area contributed by atoms with Crippen molar-refractivity contribution in [1.82, 2.24) is 9.97 Å². The van der Waals surface area contributed by atoms with Crippen molar-refractivity contribution in [3.8, 4) is 17.0 Å². The van der Waals surface area contributed by atoms with Gasteiger partial charge in [-0.15, -0.1) is 0 Å². The molecule has 106 valence electrons. The molecular weight excluding hydrogens is 250 g/mol. The lowest BCUT2D eigenvalue weighted by atomic mass is 9.98. The molecule has 0 spiro atoms. The molecule has 1 heterocycles. The maximum atomic E-state index is 5.55. The van der Waals surface area contributed by atoms with E-state index in [-0.39, 0.29) is 0 Å². The number of hydrogen-bond acceptors (Lipinski definition) is 4. The van der Waals surface area contributed by atoms with Crippen LogP contribution in [0.2, 0.25) is 0 Å². The Kier molecular flexibility index (Phi) is 4.69. The molecule has 0 atom stereocenters. The molecule has 0 bridgehead atoms. The van der Waals surface area contributed by atoms with Gasteiger partial charge in [-0.05, 0) is 42.3 Å². The Balaban J connectivity index is 2.42. The van der Waals surface area contributed by atoms with Crippen molar-refractivity contribution in [3.63, 3.8) is 0 Å². The molecule has 0 radical (unpaired) electrons. The topological polar surface area (TPSA) is 61.0 Å². The van der Waals surface area contributed by atoms with Crippen LogP contribution in [0, 0.1) is 0 Å². The molecule has 2 N–H and O–H groups in total.